The third-order valence-corrected chi connectivity index (χ3v) is 2.11. The first kappa shape index (κ1) is 10.6. The SMILES string of the molecule is C=COC/C=C(\C)c1ccc(C)cc1. The van der Waals surface area contributed by atoms with Gasteiger partial charge >= 0.3 is 0 Å². The Kier molecular flexibility index (Phi) is 3.99. The predicted octanol–water partition coefficient (Wildman–Crippen LogP) is 3.56. The van der Waals surface area contributed by atoms with E-state index < -0.39 is 0 Å². The van der Waals surface area contributed by atoms with Crippen molar-refractivity contribution in [1.29, 1.82) is 0 Å². The topological polar surface area (TPSA) is 9.23 Å². The summed E-state index contributed by atoms with van der Waals surface area (Å²) >= 11 is 0. The van der Waals surface area contributed by atoms with Crippen molar-refractivity contribution in [3.8, 4) is 0 Å². The molecule has 0 N–H and O–H groups in total. The van der Waals surface area contributed by atoms with Crippen molar-refractivity contribution < 1.29 is 4.74 Å². The second kappa shape index (κ2) is 5.28. The van der Waals surface area contributed by atoms with Gasteiger partial charge in [-0.15, -0.1) is 0 Å². The zero-order valence-corrected chi connectivity index (χ0v) is 8.79. The monoisotopic (exact) mass is 188 g/mol. The summed E-state index contributed by atoms with van der Waals surface area (Å²) in [5.74, 6) is 0. The minimum absolute atomic E-state index is 0.587. The first-order valence-electron chi connectivity index (χ1n) is 4.70. The zero-order valence-electron chi connectivity index (χ0n) is 8.79. The van der Waals surface area contributed by atoms with E-state index in [1.165, 1.54) is 23.0 Å². The summed E-state index contributed by atoms with van der Waals surface area (Å²) in [7, 11) is 0. The molecule has 74 valence electrons. The Morgan fingerprint density at radius 3 is 2.57 bits per heavy atom. The highest BCUT2D eigenvalue weighted by atomic mass is 16.5. The predicted molar refractivity (Wildman–Crippen MR) is 61.0 cm³/mol. The third-order valence-electron chi connectivity index (χ3n) is 2.11. The number of aryl methyl sites for hydroxylation is 1. The Morgan fingerprint density at radius 1 is 1.36 bits per heavy atom. The molecule has 0 aliphatic rings. The molecule has 1 aromatic rings. The van der Waals surface area contributed by atoms with Gasteiger partial charge in [-0.1, -0.05) is 36.4 Å². The number of ether oxygens (including phenoxy) is 1. The quantitative estimate of drug-likeness (QED) is 0.518. The van der Waals surface area contributed by atoms with Gasteiger partial charge in [0.1, 0.15) is 6.61 Å². The highest BCUT2D eigenvalue weighted by molar-refractivity contribution is 5.63. The van der Waals surface area contributed by atoms with Crippen molar-refractivity contribution in [2.24, 2.45) is 0 Å². The minimum atomic E-state index is 0.587. The molecule has 0 atom stereocenters. The number of hydrogen-bond donors (Lipinski definition) is 0. The van der Waals surface area contributed by atoms with Gasteiger partial charge in [0.15, 0.2) is 0 Å². The lowest BCUT2D eigenvalue weighted by molar-refractivity contribution is 0.291. The lowest BCUT2D eigenvalue weighted by Crippen LogP contribution is -1.85. The normalized spacial score (nSPS) is 11.1. The van der Waals surface area contributed by atoms with Crippen LogP contribution in [-0.2, 0) is 4.74 Å². The summed E-state index contributed by atoms with van der Waals surface area (Å²) in [5.41, 5.74) is 3.75. The molecular formula is C13H16O. The van der Waals surface area contributed by atoms with Crippen LogP contribution in [0.1, 0.15) is 18.1 Å². The number of allylic oxidation sites excluding steroid dienone is 1. The van der Waals surface area contributed by atoms with Crippen LogP contribution in [0.25, 0.3) is 5.57 Å². The Morgan fingerprint density at radius 2 is 2.00 bits per heavy atom. The van der Waals surface area contributed by atoms with Crippen molar-refractivity contribution in [1.82, 2.24) is 0 Å². The van der Waals surface area contributed by atoms with Gasteiger partial charge in [0, 0.05) is 0 Å². The molecule has 0 fully saturated rings. The van der Waals surface area contributed by atoms with E-state index >= 15 is 0 Å². The van der Waals surface area contributed by atoms with Crippen molar-refractivity contribution in [3.05, 3.63) is 54.3 Å². The molecule has 1 rings (SSSR count). The number of rotatable bonds is 4. The molecule has 0 bridgehead atoms. The first-order chi connectivity index (χ1) is 6.74. The molecule has 0 aromatic heterocycles. The van der Waals surface area contributed by atoms with E-state index in [1.54, 1.807) is 0 Å². The van der Waals surface area contributed by atoms with Gasteiger partial charge in [0.25, 0.3) is 0 Å². The average molecular weight is 188 g/mol. The van der Waals surface area contributed by atoms with Crippen LogP contribution in [-0.4, -0.2) is 6.61 Å². The van der Waals surface area contributed by atoms with Gasteiger partial charge in [-0.25, -0.2) is 0 Å². The van der Waals surface area contributed by atoms with Crippen LogP contribution >= 0.6 is 0 Å². The molecule has 1 aromatic carbocycles. The Balaban J connectivity index is 2.68. The Labute approximate surface area is 85.7 Å². The maximum Gasteiger partial charge on any atom is 0.106 e. The van der Waals surface area contributed by atoms with Crippen LogP contribution in [0.5, 0.6) is 0 Å². The van der Waals surface area contributed by atoms with E-state index in [-0.39, 0.29) is 0 Å². The molecule has 0 radical (unpaired) electrons. The molecule has 0 unspecified atom stereocenters. The standard InChI is InChI=1S/C13H16O/c1-4-14-10-9-12(3)13-7-5-11(2)6-8-13/h4-9H,1,10H2,2-3H3/b12-9+. The van der Waals surface area contributed by atoms with Gasteiger partial charge in [-0.2, -0.15) is 0 Å². The van der Waals surface area contributed by atoms with Gasteiger partial charge in [0.05, 0.1) is 6.26 Å². The Hall–Kier alpha value is -1.50. The zero-order chi connectivity index (χ0) is 10.4. The van der Waals surface area contributed by atoms with Crippen LogP contribution in [0.4, 0.5) is 0 Å². The molecule has 1 nitrogen and oxygen atoms in total. The molecule has 14 heavy (non-hydrogen) atoms. The van der Waals surface area contributed by atoms with E-state index in [4.69, 9.17) is 4.74 Å². The molecule has 0 saturated carbocycles. The van der Waals surface area contributed by atoms with Crippen molar-refractivity contribution >= 4 is 5.57 Å². The molecule has 0 aliphatic carbocycles. The van der Waals surface area contributed by atoms with Crippen LogP contribution < -0.4 is 0 Å². The molecule has 0 amide bonds. The summed E-state index contributed by atoms with van der Waals surface area (Å²) in [4.78, 5) is 0. The van der Waals surface area contributed by atoms with E-state index in [1.807, 2.05) is 6.08 Å². The first-order valence-corrected chi connectivity index (χ1v) is 4.70. The fourth-order valence-corrected chi connectivity index (χ4v) is 1.18. The summed E-state index contributed by atoms with van der Waals surface area (Å²) in [6.45, 7) is 8.24. The molecule has 0 saturated heterocycles. The second-order valence-electron chi connectivity index (χ2n) is 3.25. The lowest BCUT2D eigenvalue weighted by atomic mass is 10.1. The van der Waals surface area contributed by atoms with Gasteiger partial charge in [-0.05, 0) is 31.1 Å². The van der Waals surface area contributed by atoms with Crippen LogP contribution in [0.15, 0.2) is 43.2 Å². The van der Waals surface area contributed by atoms with E-state index in [0.717, 1.165) is 0 Å². The average Bonchev–Trinajstić information content (AvgIpc) is 2.19. The Bertz CT molecular complexity index is 320. The fourth-order valence-electron chi connectivity index (χ4n) is 1.18. The van der Waals surface area contributed by atoms with Gasteiger partial charge in [-0.3, -0.25) is 0 Å². The molecule has 0 aliphatic heterocycles. The van der Waals surface area contributed by atoms with Crippen molar-refractivity contribution in [2.45, 2.75) is 13.8 Å². The van der Waals surface area contributed by atoms with Crippen LogP contribution in [0.3, 0.4) is 0 Å². The van der Waals surface area contributed by atoms with E-state index in [0.29, 0.717) is 6.61 Å². The van der Waals surface area contributed by atoms with Crippen molar-refractivity contribution in [2.75, 3.05) is 6.61 Å². The van der Waals surface area contributed by atoms with Crippen molar-refractivity contribution in [3.63, 3.8) is 0 Å². The summed E-state index contributed by atoms with van der Waals surface area (Å²) in [5, 5.41) is 0. The molecule has 0 heterocycles. The third kappa shape index (κ3) is 3.09. The van der Waals surface area contributed by atoms with Gasteiger partial charge < -0.3 is 4.74 Å². The van der Waals surface area contributed by atoms with Gasteiger partial charge in [0.2, 0.25) is 0 Å². The highest BCUT2D eigenvalue weighted by Gasteiger charge is 1.93. The number of benzene rings is 1. The lowest BCUT2D eigenvalue weighted by Gasteiger charge is -2.02. The maximum atomic E-state index is 5.04. The van der Waals surface area contributed by atoms with Crippen LogP contribution in [0.2, 0.25) is 0 Å². The summed E-state index contributed by atoms with van der Waals surface area (Å²) in [6.07, 6.45) is 3.51. The second-order valence-corrected chi connectivity index (χ2v) is 3.25. The maximum absolute atomic E-state index is 5.04. The summed E-state index contributed by atoms with van der Waals surface area (Å²) < 4.78 is 5.04. The number of hydrogen-bond acceptors (Lipinski definition) is 1. The minimum Gasteiger partial charge on any atom is -0.498 e. The highest BCUT2D eigenvalue weighted by Crippen LogP contribution is 2.13. The molecular weight excluding hydrogens is 172 g/mol. The molecule has 0 spiro atoms. The largest absolute Gasteiger partial charge is 0.498 e. The van der Waals surface area contributed by atoms with E-state index in [9.17, 15) is 0 Å². The fraction of sp³-hybridized carbons (Fsp3) is 0.231. The summed E-state index contributed by atoms with van der Waals surface area (Å²) in [6, 6.07) is 8.46. The molecule has 1 heteroatoms. The smallest absolute Gasteiger partial charge is 0.106 e. The van der Waals surface area contributed by atoms with Crippen LogP contribution in [0, 0.1) is 6.92 Å². The van der Waals surface area contributed by atoms with E-state index in [2.05, 4.69) is 44.7 Å².